The number of halogens is 1. The molecule has 1 aromatic rings. The third-order valence-corrected chi connectivity index (χ3v) is 3.99. The van der Waals surface area contributed by atoms with Gasteiger partial charge in [-0.05, 0) is 37.0 Å². The lowest BCUT2D eigenvalue weighted by molar-refractivity contribution is -0.0160. The monoisotopic (exact) mass is 296 g/mol. The van der Waals surface area contributed by atoms with Gasteiger partial charge in [-0.2, -0.15) is 0 Å². The molecule has 110 valence electrons. The van der Waals surface area contributed by atoms with Crippen molar-refractivity contribution in [3.05, 3.63) is 28.8 Å². The molecule has 0 radical (unpaired) electrons. The third kappa shape index (κ3) is 3.64. The quantitative estimate of drug-likeness (QED) is 0.897. The van der Waals surface area contributed by atoms with Crippen LogP contribution < -0.4 is 11.1 Å². The third-order valence-electron chi connectivity index (χ3n) is 3.66. The number of amides is 1. The second-order valence-electron chi connectivity index (χ2n) is 5.58. The van der Waals surface area contributed by atoms with Gasteiger partial charge in [-0.15, -0.1) is 0 Å². The molecule has 0 bridgehead atoms. The fourth-order valence-corrected chi connectivity index (χ4v) is 2.67. The maximum Gasteiger partial charge on any atom is 0.250 e. The number of primary amides is 1. The van der Waals surface area contributed by atoms with Crippen molar-refractivity contribution in [2.24, 2.45) is 11.7 Å². The SMILES string of the molecule is CC(C)C1CC(Nc2ccc(Cl)c(C(N)=O)c2)CCO1. The van der Waals surface area contributed by atoms with Crippen molar-refractivity contribution in [1.29, 1.82) is 0 Å². The van der Waals surface area contributed by atoms with Crippen LogP contribution in [0.2, 0.25) is 5.02 Å². The van der Waals surface area contributed by atoms with Gasteiger partial charge in [0.15, 0.2) is 0 Å². The summed E-state index contributed by atoms with van der Waals surface area (Å²) in [6.45, 7) is 5.10. The molecule has 3 N–H and O–H groups in total. The maximum absolute atomic E-state index is 11.3. The predicted molar refractivity (Wildman–Crippen MR) is 81.2 cm³/mol. The second-order valence-corrected chi connectivity index (χ2v) is 5.98. The van der Waals surface area contributed by atoms with Gasteiger partial charge in [0.2, 0.25) is 5.91 Å². The van der Waals surface area contributed by atoms with Crippen molar-refractivity contribution in [2.75, 3.05) is 11.9 Å². The molecule has 20 heavy (non-hydrogen) atoms. The van der Waals surface area contributed by atoms with E-state index in [0.29, 0.717) is 22.5 Å². The van der Waals surface area contributed by atoms with Crippen LogP contribution in [-0.2, 0) is 4.74 Å². The molecule has 1 saturated heterocycles. The minimum Gasteiger partial charge on any atom is -0.382 e. The summed E-state index contributed by atoms with van der Waals surface area (Å²) in [6, 6.07) is 5.63. The fraction of sp³-hybridized carbons (Fsp3) is 0.533. The Morgan fingerprint density at radius 3 is 2.90 bits per heavy atom. The van der Waals surface area contributed by atoms with Gasteiger partial charge in [0.25, 0.3) is 0 Å². The van der Waals surface area contributed by atoms with Crippen molar-refractivity contribution < 1.29 is 9.53 Å². The Balaban J connectivity index is 2.06. The molecule has 1 fully saturated rings. The molecule has 0 aliphatic carbocycles. The first-order valence-electron chi connectivity index (χ1n) is 6.95. The van der Waals surface area contributed by atoms with Gasteiger partial charge in [-0.25, -0.2) is 0 Å². The Hall–Kier alpha value is -1.26. The number of rotatable bonds is 4. The van der Waals surface area contributed by atoms with Crippen LogP contribution in [0.4, 0.5) is 5.69 Å². The fourth-order valence-electron chi connectivity index (χ4n) is 2.46. The molecule has 1 aliphatic rings. The van der Waals surface area contributed by atoms with E-state index in [2.05, 4.69) is 19.2 Å². The number of hydrogen-bond acceptors (Lipinski definition) is 3. The predicted octanol–water partition coefficient (Wildman–Crippen LogP) is 3.05. The minimum atomic E-state index is -0.509. The van der Waals surface area contributed by atoms with Crippen LogP contribution in [0.25, 0.3) is 0 Å². The zero-order valence-electron chi connectivity index (χ0n) is 11.9. The van der Waals surface area contributed by atoms with E-state index in [0.717, 1.165) is 25.1 Å². The van der Waals surface area contributed by atoms with Crippen molar-refractivity contribution in [3.8, 4) is 0 Å². The normalized spacial score (nSPS) is 22.8. The molecule has 1 aromatic carbocycles. The molecule has 4 nitrogen and oxygen atoms in total. The lowest BCUT2D eigenvalue weighted by atomic mass is 9.95. The highest BCUT2D eigenvalue weighted by molar-refractivity contribution is 6.33. The number of carbonyl (C=O) groups excluding carboxylic acids is 1. The van der Waals surface area contributed by atoms with Gasteiger partial charge >= 0.3 is 0 Å². The average Bonchev–Trinajstić information content (AvgIpc) is 2.41. The summed E-state index contributed by atoms with van der Waals surface area (Å²) < 4.78 is 5.75. The van der Waals surface area contributed by atoms with Crippen molar-refractivity contribution in [2.45, 2.75) is 38.8 Å². The van der Waals surface area contributed by atoms with Crippen molar-refractivity contribution in [3.63, 3.8) is 0 Å². The van der Waals surface area contributed by atoms with Crippen LogP contribution in [0.5, 0.6) is 0 Å². The van der Waals surface area contributed by atoms with E-state index in [1.807, 2.05) is 6.07 Å². The van der Waals surface area contributed by atoms with E-state index < -0.39 is 5.91 Å². The Morgan fingerprint density at radius 2 is 2.25 bits per heavy atom. The molecule has 2 rings (SSSR count). The van der Waals surface area contributed by atoms with Crippen LogP contribution in [0.3, 0.4) is 0 Å². The van der Waals surface area contributed by atoms with Crippen molar-refractivity contribution in [1.82, 2.24) is 0 Å². The summed E-state index contributed by atoms with van der Waals surface area (Å²) in [6.07, 6.45) is 2.20. The van der Waals surface area contributed by atoms with E-state index in [4.69, 9.17) is 22.1 Å². The molecule has 1 aliphatic heterocycles. The molecule has 5 heteroatoms. The van der Waals surface area contributed by atoms with Crippen LogP contribution in [0.15, 0.2) is 18.2 Å². The summed E-state index contributed by atoms with van der Waals surface area (Å²) in [5, 5.41) is 3.83. The standard InChI is InChI=1S/C15H21ClN2O2/c1-9(2)14-8-11(5-6-20-14)18-10-3-4-13(16)12(7-10)15(17)19/h3-4,7,9,11,14,18H,5-6,8H2,1-2H3,(H2,17,19). The topological polar surface area (TPSA) is 64.3 Å². The number of nitrogens with two attached hydrogens (primary N) is 1. The number of anilines is 1. The molecular formula is C15H21ClN2O2. The van der Waals surface area contributed by atoms with Gasteiger partial charge in [0, 0.05) is 18.3 Å². The average molecular weight is 297 g/mol. The van der Waals surface area contributed by atoms with Gasteiger partial charge in [0.05, 0.1) is 16.7 Å². The van der Waals surface area contributed by atoms with E-state index in [1.165, 1.54) is 0 Å². The van der Waals surface area contributed by atoms with E-state index in [9.17, 15) is 4.79 Å². The highest BCUT2D eigenvalue weighted by atomic mass is 35.5. The van der Waals surface area contributed by atoms with Gasteiger partial charge in [-0.3, -0.25) is 4.79 Å². The first kappa shape index (κ1) is 15.1. The summed E-state index contributed by atoms with van der Waals surface area (Å²) in [5.41, 5.74) is 6.53. The van der Waals surface area contributed by atoms with Crippen LogP contribution in [0, 0.1) is 5.92 Å². The Morgan fingerprint density at radius 1 is 1.50 bits per heavy atom. The number of carbonyl (C=O) groups is 1. The smallest absolute Gasteiger partial charge is 0.250 e. The maximum atomic E-state index is 11.3. The van der Waals surface area contributed by atoms with Crippen LogP contribution in [-0.4, -0.2) is 24.7 Å². The molecule has 2 atom stereocenters. The summed E-state index contributed by atoms with van der Waals surface area (Å²) in [5.74, 6) is -0.00307. The molecule has 0 aromatic heterocycles. The molecule has 1 amide bonds. The first-order valence-corrected chi connectivity index (χ1v) is 7.32. The Labute approximate surface area is 124 Å². The highest BCUT2D eigenvalue weighted by Gasteiger charge is 2.24. The number of benzene rings is 1. The lowest BCUT2D eigenvalue weighted by Gasteiger charge is -2.33. The van der Waals surface area contributed by atoms with Crippen LogP contribution >= 0.6 is 11.6 Å². The van der Waals surface area contributed by atoms with Crippen molar-refractivity contribution >= 4 is 23.2 Å². The van der Waals surface area contributed by atoms with E-state index in [-0.39, 0.29) is 6.10 Å². The second kappa shape index (κ2) is 6.46. The zero-order chi connectivity index (χ0) is 14.7. The molecule has 0 saturated carbocycles. The van der Waals surface area contributed by atoms with Gasteiger partial charge in [-0.1, -0.05) is 25.4 Å². The highest BCUT2D eigenvalue weighted by Crippen LogP contribution is 2.25. The number of ether oxygens (including phenoxy) is 1. The Kier molecular flexibility index (Phi) is 4.89. The van der Waals surface area contributed by atoms with Crippen LogP contribution in [0.1, 0.15) is 37.0 Å². The molecule has 0 spiro atoms. The van der Waals surface area contributed by atoms with Gasteiger partial charge < -0.3 is 15.8 Å². The number of nitrogens with one attached hydrogen (secondary N) is 1. The molecule has 1 heterocycles. The summed E-state index contributed by atoms with van der Waals surface area (Å²) >= 11 is 5.95. The largest absolute Gasteiger partial charge is 0.382 e. The molecular weight excluding hydrogens is 276 g/mol. The first-order chi connectivity index (χ1) is 9.47. The minimum absolute atomic E-state index is 0.282. The zero-order valence-corrected chi connectivity index (χ0v) is 12.6. The number of hydrogen-bond donors (Lipinski definition) is 2. The Bertz CT molecular complexity index is 491. The molecule has 2 unspecified atom stereocenters. The van der Waals surface area contributed by atoms with E-state index >= 15 is 0 Å². The summed E-state index contributed by atoms with van der Waals surface area (Å²) in [4.78, 5) is 11.3. The summed E-state index contributed by atoms with van der Waals surface area (Å²) in [7, 11) is 0. The van der Waals surface area contributed by atoms with Gasteiger partial charge in [0.1, 0.15) is 0 Å². The lowest BCUT2D eigenvalue weighted by Crippen LogP contribution is -2.36. The van der Waals surface area contributed by atoms with E-state index in [1.54, 1.807) is 12.1 Å².